The summed E-state index contributed by atoms with van der Waals surface area (Å²) in [6.45, 7) is 10.0. The van der Waals surface area contributed by atoms with E-state index >= 15 is 0 Å². The van der Waals surface area contributed by atoms with E-state index in [1.807, 2.05) is 24.3 Å². The second-order valence-electron chi connectivity index (χ2n) is 5.62. The summed E-state index contributed by atoms with van der Waals surface area (Å²) in [6, 6.07) is 10.5. The van der Waals surface area contributed by atoms with E-state index in [4.69, 9.17) is 4.42 Å². The standard InChI is InChI=1S/C17H25N3O/c1-5-18-17(20-13(4)12(2)3)19-11-15-10-14-8-6-7-9-16(14)21-15/h6-10,12-13H,5,11H2,1-4H3,(H2,18,19,20). The van der Waals surface area contributed by atoms with Crippen LogP contribution in [0.2, 0.25) is 0 Å². The van der Waals surface area contributed by atoms with Gasteiger partial charge in [0, 0.05) is 18.0 Å². The highest BCUT2D eigenvalue weighted by Gasteiger charge is 2.09. The molecule has 1 unspecified atom stereocenters. The Morgan fingerprint density at radius 1 is 1.24 bits per heavy atom. The van der Waals surface area contributed by atoms with Crippen LogP contribution in [0.4, 0.5) is 0 Å². The van der Waals surface area contributed by atoms with Crippen molar-refractivity contribution in [3.63, 3.8) is 0 Å². The van der Waals surface area contributed by atoms with Gasteiger partial charge < -0.3 is 15.1 Å². The van der Waals surface area contributed by atoms with E-state index in [2.05, 4.69) is 49.4 Å². The van der Waals surface area contributed by atoms with Gasteiger partial charge in [0.2, 0.25) is 0 Å². The molecule has 2 N–H and O–H groups in total. The van der Waals surface area contributed by atoms with E-state index in [-0.39, 0.29) is 0 Å². The van der Waals surface area contributed by atoms with Crippen LogP contribution in [0.5, 0.6) is 0 Å². The van der Waals surface area contributed by atoms with Crippen LogP contribution in [-0.2, 0) is 6.54 Å². The first-order valence-electron chi connectivity index (χ1n) is 7.62. The monoisotopic (exact) mass is 287 g/mol. The second kappa shape index (κ2) is 7.16. The zero-order chi connectivity index (χ0) is 15.2. The highest BCUT2D eigenvalue weighted by atomic mass is 16.3. The minimum absolute atomic E-state index is 0.374. The third-order valence-corrected chi connectivity index (χ3v) is 3.58. The molecule has 1 aromatic heterocycles. The van der Waals surface area contributed by atoms with Crippen molar-refractivity contribution in [2.45, 2.75) is 40.3 Å². The molecule has 1 heterocycles. The van der Waals surface area contributed by atoms with Crippen molar-refractivity contribution in [3.8, 4) is 0 Å². The predicted octanol–water partition coefficient (Wildman–Crippen LogP) is 3.53. The Kier molecular flexibility index (Phi) is 5.26. The normalized spacial score (nSPS) is 13.7. The lowest BCUT2D eigenvalue weighted by Gasteiger charge is -2.20. The predicted molar refractivity (Wildman–Crippen MR) is 88.5 cm³/mol. The van der Waals surface area contributed by atoms with E-state index in [0.29, 0.717) is 18.5 Å². The second-order valence-corrected chi connectivity index (χ2v) is 5.62. The number of guanidine groups is 1. The van der Waals surface area contributed by atoms with Crippen LogP contribution in [0.15, 0.2) is 39.7 Å². The van der Waals surface area contributed by atoms with Gasteiger partial charge in [0.15, 0.2) is 5.96 Å². The summed E-state index contributed by atoms with van der Waals surface area (Å²) in [5.74, 6) is 2.27. The number of nitrogens with zero attached hydrogens (tertiary/aromatic N) is 1. The summed E-state index contributed by atoms with van der Waals surface area (Å²) in [5, 5.41) is 7.81. The van der Waals surface area contributed by atoms with Crippen molar-refractivity contribution >= 4 is 16.9 Å². The SMILES string of the molecule is CCNC(=NCc1cc2ccccc2o1)NC(C)C(C)C. The average molecular weight is 287 g/mol. The number of hydrogen-bond acceptors (Lipinski definition) is 2. The smallest absolute Gasteiger partial charge is 0.191 e. The summed E-state index contributed by atoms with van der Waals surface area (Å²) in [7, 11) is 0. The molecule has 0 radical (unpaired) electrons. The average Bonchev–Trinajstić information content (AvgIpc) is 2.87. The minimum Gasteiger partial charge on any atom is -0.459 e. The fourth-order valence-electron chi connectivity index (χ4n) is 1.97. The number of benzene rings is 1. The molecule has 4 nitrogen and oxygen atoms in total. The molecule has 0 amide bonds. The molecule has 0 saturated heterocycles. The Morgan fingerprint density at radius 3 is 2.67 bits per heavy atom. The number of rotatable bonds is 5. The van der Waals surface area contributed by atoms with Crippen molar-refractivity contribution < 1.29 is 4.42 Å². The molecule has 2 rings (SSSR count). The molecule has 0 spiro atoms. The van der Waals surface area contributed by atoms with Crippen LogP contribution in [0.25, 0.3) is 11.0 Å². The Morgan fingerprint density at radius 2 is 2.00 bits per heavy atom. The molecule has 0 aliphatic carbocycles. The molecule has 0 aliphatic heterocycles. The van der Waals surface area contributed by atoms with Crippen molar-refractivity contribution in [2.24, 2.45) is 10.9 Å². The molecule has 4 heteroatoms. The third kappa shape index (κ3) is 4.25. The van der Waals surface area contributed by atoms with Gasteiger partial charge in [0.25, 0.3) is 0 Å². The highest BCUT2D eigenvalue weighted by molar-refractivity contribution is 5.80. The maximum atomic E-state index is 5.79. The summed E-state index contributed by atoms with van der Waals surface area (Å²) in [5.41, 5.74) is 0.913. The minimum atomic E-state index is 0.374. The number of fused-ring (bicyclic) bond motifs is 1. The van der Waals surface area contributed by atoms with Crippen LogP contribution in [0, 0.1) is 5.92 Å². The molecule has 0 aliphatic rings. The molecule has 1 atom stereocenters. The lowest BCUT2D eigenvalue weighted by atomic mass is 10.1. The van der Waals surface area contributed by atoms with E-state index in [1.54, 1.807) is 0 Å². The van der Waals surface area contributed by atoms with Crippen LogP contribution >= 0.6 is 0 Å². The first kappa shape index (κ1) is 15.4. The van der Waals surface area contributed by atoms with E-state index in [0.717, 1.165) is 29.2 Å². The molecule has 0 saturated carbocycles. The van der Waals surface area contributed by atoms with Gasteiger partial charge in [-0.25, -0.2) is 4.99 Å². The summed E-state index contributed by atoms with van der Waals surface area (Å²) < 4.78 is 5.79. The summed E-state index contributed by atoms with van der Waals surface area (Å²) in [6.07, 6.45) is 0. The zero-order valence-electron chi connectivity index (χ0n) is 13.3. The Labute approximate surface area is 126 Å². The maximum absolute atomic E-state index is 5.79. The van der Waals surface area contributed by atoms with Crippen molar-refractivity contribution in [2.75, 3.05) is 6.54 Å². The number of nitrogens with one attached hydrogen (secondary N) is 2. The van der Waals surface area contributed by atoms with Gasteiger partial charge in [-0.1, -0.05) is 32.0 Å². The van der Waals surface area contributed by atoms with Gasteiger partial charge >= 0.3 is 0 Å². The lowest BCUT2D eigenvalue weighted by molar-refractivity contribution is 0.480. The molecule has 2 aromatic rings. The molecule has 1 aromatic carbocycles. The number of aliphatic imine (C=N–C) groups is 1. The molecular weight excluding hydrogens is 262 g/mol. The number of para-hydroxylation sites is 1. The highest BCUT2D eigenvalue weighted by Crippen LogP contribution is 2.19. The van der Waals surface area contributed by atoms with Crippen molar-refractivity contribution in [1.29, 1.82) is 0 Å². The van der Waals surface area contributed by atoms with Gasteiger partial charge in [-0.2, -0.15) is 0 Å². The lowest BCUT2D eigenvalue weighted by Crippen LogP contribution is -2.44. The van der Waals surface area contributed by atoms with Gasteiger partial charge in [-0.3, -0.25) is 0 Å². The maximum Gasteiger partial charge on any atom is 0.191 e. The van der Waals surface area contributed by atoms with E-state index < -0.39 is 0 Å². The van der Waals surface area contributed by atoms with Crippen molar-refractivity contribution in [1.82, 2.24) is 10.6 Å². The Balaban J connectivity index is 2.07. The Bertz CT molecular complexity index is 568. The molecular formula is C17H25N3O. The topological polar surface area (TPSA) is 49.6 Å². The number of furan rings is 1. The van der Waals surface area contributed by atoms with Crippen LogP contribution in [-0.4, -0.2) is 18.5 Å². The first-order chi connectivity index (χ1) is 10.1. The molecule has 21 heavy (non-hydrogen) atoms. The summed E-state index contributed by atoms with van der Waals surface area (Å²) >= 11 is 0. The van der Waals surface area contributed by atoms with Crippen LogP contribution < -0.4 is 10.6 Å². The molecule has 0 bridgehead atoms. The van der Waals surface area contributed by atoms with Crippen molar-refractivity contribution in [3.05, 3.63) is 36.1 Å². The zero-order valence-corrected chi connectivity index (χ0v) is 13.3. The number of hydrogen-bond donors (Lipinski definition) is 2. The van der Waals surface area contributed by atoms with Gasteiger partial charge in [0.1, 0.15) is 17.9 Å². The van der Waals surface area contributed by atoms with Gasteiger partial charge in [-0.05, 0) is 31.9 Å². The third-order valence-electron chi connectivity index (χ3n) is 3.58. The van der Waals surface area contributed by atoms with Crippen LogP contribution in [0.3, 0.4) is 0 Å². The van der Waals surface area contributed by atoms with E-state index in [1.165, 1.54) is 0 Å². The fourth-order valence-corrected chi connectivity index (χ4v) is 1.97. The van der Waals surface area contributed by atoms with Crippen LogP contribution in [0.1, 0.15) is 33.5 Å². The van der Waals surface area contributed by atoms with Gasteiger partial charge in [0.05, 0.1) is 0 Å². The first-order valence-corrected chi connectivity index (χ1v) is 7.62. The van der Waals surface area contributed by atoms with Gasteiger partial charge in [-0.15, -0.1) is 0 Å². The molecule has 114 valence electrons. The fraction of sp³-hybridized carbons (Fsp3) is 0.471. The largest absolute Gasteiger partial charge is 0.459 e. The Hall–Kier alpha value is -1.97. The molecule has 0 fully saturated rings. The van der Waals surface area contributed by atoms with E-state index in [9.17, 15) is 0 Å². The quantitative estimate of drug-likeness (QED) is 0.653. The summed E-state index contributed by atoms with van der Waals surface area (Å²) in [4.78, 5) is 4.60.